The molecule has 1 aromatic heterocycles. The van der Waals surface area contributed by atoms with Gasteiger partial charge in [-0.25, -0.2) is 0 Å². The van der Waals surface area contributed by atoms with Gasteiger partial charge in [0.2, 0.25) is 0 Å². The van der Waals surface area contributed by atoms with Crippen molar-refractivity contribution in [2.45, 2.75) is 39.8 Å². The van der Waals surface area contributed by atoms with E-state index in [1.54, 1.807) is 25.5 Å². The summed E-state index contributed by atoms with van der Waals surface area (Å²) in [4.78, 5) is 18.5. The van der Waals surface area contributed by atoms with Gasteiger partial charge in [0.15, 0.2) is 0 Å². The molecule has 0 aliphatic rings. The summed E-state index contributed by atoms with van der Waals surface area (Å²) >= 11 is 0. The minimum atomic E-state index is -0.0880. The maximum atomic E-state index is 12.1. The van der Waals surface area contributed by atoms with E-state index in [1.807, 2.05) is 0 Å². The lowest BCUT2D eigenvalue weighted by Crippen LogP contribution is -2.42. The zero-order valence-electron chi connectivity index (χ0n) is 13.1. The first-order valence-corrected chi connectivity index (χ1v) is 7.13. The SMILES string of the molecule is CNc1ccncc1C(=O)NCCN(C(C)C)C(C)C. The van der Waals surface area contributed by atoms with Crippen LogP contribution in [-0.4, -0.2) is 48.0 Å². The van der Waals surface area contributed by atoms with Crippen LogP contribution in [0.5, 0.6) is 0 Å². The van der Waals surface area contributed by atoms with Crippen LogP contribution in [0.1, 0.15) is 38.1 Å². The lowest BCUT2D eigenvalue weighted by atomic mass is 10.2. The Morgan fingerprint density at radius 1 is 1.30 bits per heavy atom. The molecule has 1 rings (SSSR count). The van der Waals surface area contributed by atoms with Crippen molar-refractivity contribution in [2.24, 2.45) is 0 Å². The van der Waals surface area contributed by atoms with Crippen LogP contribution < -0.4 is 10.6 Å². The van der Waals surface area contributed by atoms with E-state index in [0.717, 1.165) is 12.2 Å². The molecule has 0 aromatic carbocycles. The molecule has 0 saturated heterocycles. The van der Waals surface area contributed by atoms with Gasteiger partial charge in [-0.3, -0.25) is 14.7 Å². The maximum absolute atomic E-state index is 12.1. The smallest absolute Gasteiger partial charge is 0.254 e. The highest BCUT2D eigenvalue weighted by Gasteiger charge is 2.14. The summed E-state index contributed by atoms with van der Waals surface area (Å²) in [6.07, 6.45) is 3.26. The number of pyridine rings is 1. The van der Waals surface area contributed by atoms with Gasteiger partial charge >= 0.3 is 0 Å². The summed E-state index contributed by atoms with van der Waals surface area (Å²) in [5.41, 5.74) is 1.37. The lowest BCUT2D eigenvalue weighted by molar-refractivity contribution is 0.0940. The third-order valence-electron chi connectivity index (χ3n) is 3.32. The van der Waals surface area contributed by atoms with Gasteiger partial charge in [0.25, 0.3) is 5.91 Å². The Morgan fingerprint density at radius 3 is 2.50 bits per heavy atom. The molecule has 1 amide bonds. The highest BCUT2D eigenvalue weighted by atomic mass is 16.1. The van der Waals surface area contributed by atoms with Gasteiger partial charge in [-0.2, -0.15) is 0 Å². The molecular weight excluding hydrogens is 252 g/mol. The Kier molecular flexibility index (Phi) is 6.45. The van der Waals surface area contributed by atoms with Crippen LogP contribution in [0.15, 0.2) is 18.5 Å². The second kappa shape index (κ2) is 7.85. The molecule has 5 heteroatoms. The molecule has 0 spiro atoms. The van der Waals surface area contributed by atoms with E-state index in [1.165, 1.54) is 0 Å². The van der Waals surface area contributed by atoms with Crippen molar-refractivity contribution in [3.63, 3.8) is 0 Å². The van der Waals surface area contributed by atoms with Crippen molar-refractivity contribution in [3.05, 3.63) is 24.0 Å². The second-order valence-corrected chi connectivity index (χ2v) is 5.35. The standard InChI is InChI=1S/C15H26N4O/c1-11(2)19(12(3)4)9-8-18-15(20)13-10-17-7-6-14(13)16-5/h6-7,10-12H,8-9H2,1-5H3,(H,16,17)(H,18,20). The Balaban J connectivity index is 2.55. The van der Waals surface area contributed by atoms with E-state index in [2.05, 4.69) is 48.2 Å². The van der Waals surface area contributed by atoms with Crippen molar-refractivity contribution in [3.8, 4) is 0 Å². The molecule has 2 N–H and O–H groups in total. The Labute approximate surface area is 121 Å². The van der Waals surface area contributed by atoms with Crippen molar-refractivity contribution in [2.75, 3.05) is 25.5 Å². The topological polar surface area (TPSA) is 57.3 Å². The first-order valence-electron chi connectivity index (χ1n) is 7.13. The van der Waals surface area contributed by atoms with Crippen LogP contribution in [0.2, 0.25) is 0 Å². The molecule has 0 aliphatic heterocycles. The van der Waals surface area contributed by atoms with E-state index in [4.69, 9.17) is 0 Å². The summed E-state index contributed by atoms with van der Waals surface area (Å²) in [5, 5.41) is 5.95. The average Bonchev–Trinajstić information content (AvgIpc) is 2.42. The van der Waals surface area contributed by atoms with Crippen molar-refractivity contribution < 1.29 is 4.79 Å². The van der Waals surface area contributed by atoms with Gasteiger partial charge < -0.3 is 10.6 Å². The molecule has 0 aliphatic carbocycles. The van der Waals surface area contributed by atoms with Crippen molar-refractivity contribution >= 4 is 11.6 Å². The molecule has 5 nitrogen and oxygen atoms in total. The monoisotopic (exact) mass is 278 g/mol. The molecule has 0 atom stereocenters. The van der Waals surface area contributed by atoms with Crippen molar-refractivity contribution in [1.29, 1.82) is 0 Å². The van der Waals surface area contributed by atoms with Gasteiger partial charge in [0.05, 0.1) is 5.56 Å². The van der Waals surface area contributed by atoms with Gasteiger partial charge in [-0.1, -0.05) is 0 Å². The number of carbonyl (C=O) groups excluding carboxylic acids is 1. The summed E-state index contributed by atoms with van der Waals surface area (Å²) < 4.78 is 0. The van der Waals surface area contributed by atoms with Gasteiger partial charge in [0.1, 0.15) is 0 Å². The van der Waals surface area contributed by atoms with Crippen LogP contribution in [0.4, 0.5) is 5.69 Å². The highest BCUT2D eigenvalue weighted by Crippen LogP contribution is 2.12. The molecule has 0 unspecified atom stereocenters. The van der Waals surface area contributed by atoms with Gasteiger partial charge in [0, 0.05) is 50.3 Å². The summed E-state index contributed by atoms with van der Waals surface area (Å²) in [6, 6.07) is 2.74. The molecule has 0 saturated carbocycles. The van der Waals surface area contributed by atoms with Crippen LogP contribution >= 0.6 is 0 Å². The predicted octanol–water partition coefficient (Wildman–Crippen LogP) is 1.97. The minimum Gasteiger partial charge on any atom is -0.387 e. The van der Waals surface area contributed by atoms with Gasteiger partial charge in [-0.15, -0.1) is 0 Å². The molecular formula is C15H26N4O. The van der Waals surface area contributed by atoms with E-state index < -0.39 is 0 Å². The first kappa shape index (κ1) is 16.4. The second-order valence-electron chi connectivity index (χ2n) is 5.35. The lowest BCUT2D eigenvalue weighted by Gasteiger charge is -2.30. The van der Waals surface area contributed by atoms with Gasteiger partial charge in [-0.05, 0) is 33.8 Å². The summed E-state index contributed by atoms with van der Waals surface area (Å²) in [7, 11) is 1.80. The number of amides is 1. The molecule has 1 aromatic rings. The van der Waals surface area contributed by atoms with Crippen LogP contribution in [0.25, 0.3) is 0 Å². The number of aromatic nitrogens is 1. The number of nitrogens with zero attached hydrogens (tertiary/aromatic N) is 2. The fourth-order valence-corrected chi connectivity index (χ4v) is 2.30. The minimum absolute atomic E-state index is 0.0880. The molecule has 0 radical (unpaired) electrons. The molecule has 0 bridgehead atoms. The Bertz CT molecular complexity index is 424. The highest BCUT2D eigenvalue weighted by molar-refractivity contribution is 5.99. The summed E-state index contributed by atoms with van der Waals surface area (Å²) in [5.74, 6) is -0.0880. The number of carbonyl (C=O) groups is 1. The van der Waals surface area contributed by atoms with E-state index in [9.17, 15) is 4.79 Å². The number of anilines is 1. The zero-order valence-corrected chi connectivity index (χ0v) is 13.1. The third kappa shape index (κ3) is 4.49. The number of rotatable bonds is 7. The van der Waals surface area contributed by atoms with Crippen LogP contribution in [0, 0.1) is 0 Å². The normalized spacial score (nSPS) is 11.2. The average molecular weight is 278 g/mol. The zero-order chi connectivity index (χ0) is 15.1. The third-order valence-corrected chi connectivity index (χ3v) is 3.32. The summed E-state index contributed by atoms with van der Waals surface area (Å²) in [6.45, 7) is 10.2. The molecule has 112 valence electrons. The number of hydrogen-bond acceptors (Lipinski definition) is 4. The van der Waals surface area contributed by atoms with Crippen LogP contribution in [-0.2, 0) is 0 Å². The number of hydrogen-bond donors (Lipinski definition) is 2. The number of nitrogens with one attached hydrogen (secondary N) is 2. The predicted molar refractivity (Wildman–Crippen MR) is 83.1 cm³/mol. The molecule has 1 heterocycles. The largest absolute Gasteiger partial charge is 0.387 e. The fraction of sp³-hybridized carbons (Fsp3) is 0.600. The van der Waals surface area contributed by atoms with E-state index >= 15 is 0 Å². The fourth-order valence-electron chi connectivity index (χ4n) is 2.30. The first-order chi connectivity index (χ1) is 9.47. The van der Waals surface area contributed by atoms with Crippen LogP contribution in [0.3, 0.4) is 0 Å². The quantitative estimate of drug-likeness (QED) is 0.800. The Hall–Kier alpha value is -1.62. The Morgan fingerprint density at radius 2 is 1.95 bits per heavy atom. The molecule has 20 heavy (non-hydrogen) atoms. The maximum Gasteiger partial charge on any atom is 0.254 e. The van der Waals surface area contributed by atoms with E-state index in [0.29, 0.717) is 24.2 Å². The molecule has 0 fully saturated rings. The van der Waals surface area contributed by atoms with E-state index in [-0.39, 0.29) is 5.91 Å². The van der Waals surface area contributed by atoms with Crippen molar-refractivity contribution in [1.82, 2.24) is 15.2 Å².